The molecule has 65 heavy (non-hydrogen) atoms. The molecule has 16 heteroatoms. The normalized spacial score (nSPS) is 26.0. The van der Waals surface area contributed by atoms with E-state index in [4.69, 9.17) is 28.9 Å². The largest absolute Gasteiger partial charge is 0.453 e. The van der Waals surface area contributed by atoms with E-state index in [0.717, 1.165) is 94.4 Å². The molecule has 6 N–H and O–H groups in total. The van der Waals surface area contributed by atoms with Crippen molar-refractivity contribution in [2.75, 3.05) is 40.6 Å². The third-order valence-electron chi connectivity index (χ3n) is 15.0. The molecule has 3 amide bonds. The van der Waals surface area contributed by atoms with Crippen LogP contribution < -0.4 is 16.0 Å². The van der Waals surface area contributed by atoms with Gasteiger partial charge in [-0.15, -0.1) is 0 Å². The predicted octanol–water partition coefficient (Wildman–Crippen LogP) is 6.21. The second-order valence-electron chi connectivity index (χ2n) is 18.8. The van der Waals surface area contributed by atoms with Gasteiger partial charge in [0.25, 0.3) is 0 Å². The molecular weight excluding hydrogens is 829 g/mol. The number of rotatable bonds is 14. The number of nitrogens with zero attached hydrogens (tertiary/aromatic N) is 3. The standard InChI is InChI=1S/C49H60N8O8/c1-26-35(42(26)54-46(58)43(55-48(60)62-2)27-12-16-64-17-13-27)9-11-41-51-36-10-8-32(22-37(36)52-41)30-4-5-31-21-33(7-6-29(31)20-30)38-25-50-45(53-38)40-24-34-23-39(34)57(40)47(59)44(56-49(61)63-3)28-14-18-65-19-15-28/h4-8,10,20-22,25-28,34-35,39-40,42-44,47,59H,9,11-19,23-24H2,1-3H3,(H,50,53)(H,51,52)(H,54,58)(H,55,60)(H,56,61)/t26-,34?,35+,39+,40+,42-,43+,44+,47?/m1/s1. The molecule has 10 rings (SSSR count). The molecule has 2 unspecified atom stereocenters. The predicted molar refractivity (Wildman–Crippen MR) is 242 cm³/mol. The van der Waals surface area contributed by atoms with Gasteiger partial charge in [0.1, 0.15) is 23.9 Å². The first-order chi connectivity index (χ1) is 31.6. The Morgan fingerprint density at radius 2 is 1.51 bits per heavy atom. The topological polar surface area (TPSA) is 205 Å². The Kier molecular flexibility index (Phi) is 12.3. The number of alkyl carbamates (subject to hydrolysis) is 2. The van der Waals surface area contributed by atoms with E-state index >= 15 is 0 Å². The monoisotopic (exact) mass is 888 g/mol. The number of likely N-dealkylation sites (tertiary alicyclic amines) is 1. The smallest absolute Gasteiger partial charge is 0.407 e. The summed E-state index contributed by atoms with van der Waals surface area (Å²) in [7, 11) is 2.66. The van der Waals surface area contributed by atoms with Gasteiger partial charge in [0, 0.05) is 50.5 Å². The van der Waals surface area contributed by atoms with Gasteiger partial charge in [-0.3, -0.25) is 9.69 Å². The quantitative estimate of drug-likeness (QED) is 0.0740. The number of amides is 3. The van der Waals surface area contributed by atoms with Crippen molar-refractivity contribution < 1.29 is 38.4 Å². The second-order valence-corrected chi connectivity index (χ2v) is 18.8. The number of aromatic amines is 2. The molecule has 0 radical (unpaired) electrons. The molecule has 5 heterocycles. The number of hydrogen-bond donors (Lipinski definition) is 6. The van der Waals surface area contributed by atoms with E-state index in [1.54, 1.807) is 0 Å². The van der Waals surface area contributed by atoms with Crippen LogP contribution >= 0.6 is 0 Å². The molecule has 2 saturated carbocycles. The fourth-order valence-electron chi connectivity index (χ4n) is 11.0. The minimum Gasteiger partial charge on any atom is -0.453 e. The number of H-pyrrole nitrogens is 2. The summed E-state index contributed by atoms with van der Waals surface area (Å²) in [5.74, 6) is 2.82. The van der Waals surface area contributed by atoms with Crippen LogP contribution in [-0.2, 0) is 30.2 Å². The number of fused-ring (bicyclic) bond motifs is 3. The Labute approximate surface area is 377 Å². The van der Waals surface area contributed by atoms with Gasteiger partial charge in [-0.05, 0) is 121 Å². The third kappa shape index (κ3) is 9.05. The molecule has 2 aromatic heterocycles. The van der Waals surface area contributed by atoms with E-state index in [2.05, 4.69) is 92.3 Å². The lowest BCUT2D eigenvalue weighted by atomic mass is 9.89. The summed E-state index contributed by atoms with van der Waals surface area (Å²) in [5, 5.41) is 23.1. The molecule has 0 spiro atoms. The number of aliphatic hydroxyl groups is 1. The lowest BCUT2D eigenvalue weighted by molar-refractivity contribution is -0.125. The number of piperidine rings is 1. The van der Waals surface area contributed by atoms with Gasteiger partial charge in [-0.25, -0.2) is 19.6 Å². The van der Waals surface area contributed by atoms with Gasteiger partial charge in [-0.1, -0.05) is 37.3 Å². The number of methoxy groups -OCH3 is 2. The Bertz CT molecular complexity index is 2530. The van der Waals surface area contributed by atoms with Crippen LogP contribution in [0.5, 0.6) is 0 Å². The Morgan fingerprint density at radius 1 is 0.846 bits per heavy atom. The lowest BCUT2D eigenvalue weighted by Crippen LogP contribution is -2.56. The number of carbonyl (C=O) groups is 3. The van der Waals surface area contributed by atoms with E-state index in [-0.39, 0.29) is 35.9 Å². The number of carbonyl (C=O) groups excluding carboxylic acids is 3. The van der Waals surface area contributed by atoms with Gasteiger partial charge in [0.2, 0.25) is 5.91 Å². The van der Waals surface area contributed by atoms with Crippen LogP contribution in [0.15, 0.2) is 60.8 Å². The van der Waals surface area contributed by atoms with E-state index in [9.17, 15) is 19.5 Å². The molecule has 5 fully saturated rings. The van der Waals surface area contributed by atoms with E-state index in [0.29, 0.717) is 57.0 Å². The lowest BCUT2D eigenvalue weighted by Gasteiger charge is -2.40. The average molecular weight is 889 g/mol. The van der Waals surface area contributed by atoms with Gasteiger partial charge >= 0.3 is 12.2 Å². The zero-order chi connectivity index (χ0) is 44.8. The van der Waals surface area contributed by atoms with Gasteiger partial charge in [-0.2, -0.15) is 0 Å². The molecule has 16 nitrogen and oxygen atoms in total. The minimum absolute atomic E-state index is 0.00530. The number of hydrogen-bond acceptors (Lipinski definition) is 11. The number of ether oxygens (including phenoxy) is 4. The van der Waals surface area contributed by atoms with E-state index in [1.807, 2.05) is 6.20 Å². The van der Waals surface area contributed by atoms with Crippen molar-refractivity contribution in [3.05, 3.63) is 72.4 Å². The fourth-order valence-corrected chi connectivity index (χ4v) is 11.0. The molecule has 3 saturated heterocycles. The Hall–Kier alpha value is -5.55. The van der Waals surface area contributed by atoms with Crippen LogP contribution in [0.2, 0.25) is 0 Å². The van der Waals surface area contributed by atoms with Crippen molar-refractivity contribution in [2.24, 2.45) is 29.6 Å². The van der Waals surface area contributed by atoms with Crippen molar-refractivity contribution in [3.63, 3.8) is 0 Å². The van der Waals surface area contributed by atoms with Crippen LogP contribution in [0.1, 0.15) is 69.6 Å². The van der Waals surface area contributed by atoms with Crippen LogP contribution in [0.3, 0.4) is 0 Å². The summed E-state index contributed by atoms with van der Waals surface area (Å²) >= 11 is 0. The molecular formula is C49H60N8O8. The molecule has 344 valence electrons. The summed E-state index contributed by atoms with van der Waals surface area (Å²) in [5.41, 5.74) is 6.05. The molecule has 2 aliphatic carbocycles. The van der Waals surface area contributed by atoms with Crippen molar-refractivity contribution in [2.45, 2.75) is 94.7 Å². The van der Waals surface area contributed by atoms with Crippen LogP contribution in [0.4, 0.5) is 9.59 Å². The second kappa shape index (κ2) is 18.4. The molecule has 9 atom stereocenters. The van der Waals surface area contributed by atoms with Gasteiger partial charge in [0.05, 0.1) is 49.2 Å². The maximum Gasteiger partial charge on any atom is 0.407 e. The summed E-state index contributed by atoms with van der Waals surface area (Å²) in [4.78, 5) is 57.0. The minimum atomic E-state index is -0.882. The number of benzene rings is 3. The molecule has 0 bridgehead atoms. The van der Waals surface area contributed by atoms with Crippen molar-refractivity contribution in [3.8, 4) is 22.4 Å². The molecule has 5 aromatic rings. The number of aryl methyl sites for hydroxylation is 1. The number of nitrogens with one attached hydrogen (secondary N) is 5. The van der Waals surface area contributed by atoms with E-state index in [1.165, 1.54) is 14.2 Å². The average Bonchev–Trinajstić information content (AvgIpc) is 3.92. The third-order valence-corrected chi connectivity index (χ3v) is 15.0. The highest BCUT2D eigenvalue weighted by Gasteiger charge is 2.57. The first kappa shape index (κ1) is 43.3. The van der Waals surface area contributed by atoms with Crippen LogP contribution in [-0.4, -0.2) is 119 Å². The highest BCUT2D eigenvalue weighted by molar-refractivity contribution is 5.92. The van der Waals surface area contributed by atoms with Gasteiger partial charge < -0.3 is 50.0 Å². The molecule has 5 aliphatic rings. The summed E-state index contributed by atoms with van der Waals surface area (Å²) in [6.45, 7) is 4.53. The van der Waals surface area contributed by atoms with Crippen LogP contribution in [0, 0.1) is 29.6 Å². The molecule has 3 aromatic carbocycles. The number of aliphatic hydroxyl groups excluding tert-OH is 1. The first-order valence-corrected chi connectivity index (χ1v) is 23.3. The Balaban J connectivity index is 0.780. The van der Waals surface area contributed by atoms with Crippen LogP contribution in [0.25, 0.3) is 44.2 Å². The zero-order valence-electron chi connectivity index (χ0n) is 37.3. The van der Waals surface area contributed by atoms with E-state index < -0.39 is 30.5 Å². The van der Waals surface area contributed by atoms with Crippen molar-refractivity contribution in [1.82, 2.24) is 40.8 Å². The zero-order valence-corrected chi connectivity index (χ0v) is 37.3. The fraction of sp³-hybridized carbons (Fsp3) is 0.531. The molecule has 3 aliphatic heterocycles. The summed E-state index contributed by atoms with van der Waals surface area (Å²) in [6.07, 6.45) is 6.40. The highest BCUT2D eigenvalue weighted by atomic mass is 16.5. The summed E-state index contributed by atoms with van der Waals surface area (Å²) in [6, 6.07) is 18.4. The SMILES string of the molecule is COC(=O)N[C@@H](C1CCOCC1)C(O)N1[C@H](c2ncc(-c3ccc4cc(-c5ccc6nc(CC[C@H]7[C@@H](C)[C@H]7NC(=O)[C@@H](NC(=O)OC)C7CCOCC7)[nH]c6c5)ccc4c3)[nH]2)CC2C[C@@H]21. The van der Waals surface area contributed by atoms with Gasteiger partial charge in [0.15, 0.2) is 0 Å². The first-order valence-electron chi connectivity index (χ1n) is 23.3. The maximum atomic E-state index is 13.4. The highest BCUT2D eigenvalue weighted by Crippen LogP contribution is 2.54. The summed E-state index contributed by atoms with van der Waals surface area (Å²) < 4.78 is 20.9. The Morgan fingerprint density at radius 3 is 2.25 bits per heavy atom. The number of imidazole rings is 2. The van der Waals surface area contributed by atoms with Crippen molar-refractivity contribution in [1.29, 1.82) is 0 Å². The van der Waals surface area contributed by atoms with Crippen molar-refractivity contribution >= 4 is 39.9 Å². The number of aromatic nitrogens is 4. The maximum absolute atomic E-state index is 13.4.